The fraction of sp³-hybridized carbons (Fsp3) is 0.417. The molecule has 16 nitrogen and oxygen atoms in total. The van der Waals surface area contributed by atoms with Gasteiger partial charge < -0.3 is 39.4 Å². The molecule has 0 bridgehead atoms. The van der Waals surface area contributed by atoms with Gasteiger partial charge in [0, 0.05) is 31.3 Å². The molecular formula is C24H26ClI3N2O14. The van der Waals surface area contributed by atoms with Gasteiger partial charge in [-0.05, 0) is 67.8 Å². The second-order valence-electron chi connectivity index (χ2n) is 8.19. The molecule has 2 amide bonds. The third-order valence-corrected chi connectivity index (χ3v) is 8.09. The molecule has 244 valence electrons. The number of ether oxygens (including phenoxy) is 5. The number of halogens is 4. The molecule has 0 aliphatic rings. The van der Waals surface area contributed by atoms with E-state index in [9.17, 15) is 43.5 Å². The van der Waals surface area contributed by atoms with E-state index in [1.807, 2.05) is 0 Å². The molecule has 0 saturated carbocycles. The van der Waals surface area contributed by atoms with Crippen molar-refractivity contribution in [2.45, 2.75) is 46.0 Å². The maximum Gasteiger partial charge on any atom is 0.351 e. The number of anilines is 1. The summed E-state index contributed by atoms with van der Waals surface area (Å²) in [5, 5.41) is 14.7. The highest BCUT2D eigenvalue weighted by atomic mass is 127. The van der Waals surface area contributed by atoms with Crippen LogP contribution in [0.3, 0.4) is 0 Å². The van der Waals surface area contributed by atoms with Gasteiger partial charge in [0.15, 0.2) is 6.10 Å². The number of methoxy groups -OCH3 is 1. The largest absolute Gasteiger partial charge is 0.478 e. The number of esters is 5. The van der Waals surface area contributed by atoms with Gasteiger partial charge >= 0.3 is 35.8 Å². The van der Waals surface area contributed by atoms with Crippen molar-refractivity contribution in [1.29, 1.82) is 0 Å². The molecule has 0 saturated heterocycles. The van der Waals surface area contributed by atoms with Gasteiger partial charge in [0.25, 0.3) is 11.8 Å². The Balaban J connectivity index is 0.0000185. The minimum atomic E-state index is -2.07. The number of hydrogen-bond acceptors (Lipinski definition) is 13. The molecule has 3 unspecified atom stereocenters. The highest BCUT2D eigenvalue weighted by molar-refractivity contribution is 14.1. The van der Waals surface area contributed by atoms with Crippen LogP contribution >= 0.6 is 80.2 Å². The summed E-state index contributed by atoms with van der Waals surface area (Å²) >= 11 is 4.93. The van der Waals surface area contributed by atoms with Crippen LogP contribution in [0.1, 0.15) is 48.4 Å². The predicted octanol–water partition coefficient (Wildman–Crippen LogP) is 1.82. The van der Waals surface area contributed by atoms with Crippen LogP contribution in [0, 0.1) is 10.7 Å². The van der Waals surface area contributed by atoms with Crippen molar-refractivity contribution in [3.05, 3.63) is 21.8 Å². The highest BCUT2D eigenvalue weighted by Crippen LogP contribution is 2.36. The minimum absolute atomic E-state index is 0. The first-order chi connectivity index (χ1) is 19.9. The highest BCUT2D eigenvalue weighted by Gasteiger charge is 2.41. The molecule has 0 radical (unpaired) electrons. The first kappa shape index (κ1) is 41.5. The van der Waals surface area contributed by atoms with Crippen molar-refractivity contribution in [1.82, 2.24) is 5.32 Å². The molecule has 0 aromatic heterocycles. The summed E-state index contributed by atoms with van der Waals surface area (Å²) in [6.45, 7) is 3.39. The summed E-state index contributed by atoms with van der Waals surface area (Å²) in [4.78, 5) is 97.2. The Morgan fingerprint density at radius 1 is 0.750 bits per heavy atom. The molecule has 3 N–H and O–H groups in total. The molecule has 0 aliphatic heterocycles. The zero-order valence-electron chi connectivity index (χ0n) is 23.4. The standard InChI is InChI=1S/C24H25I3N2O14.ClH/c1-8(30)40-7-12(41-9(2)31)6-28-21(34)13-15(25)14(23(36)37)17(27)18(16(13)26)29-22(35)19(42-10(3)32)20(24(38)39-5)43-11(4)33;/h12,19-20H,6-7H2,1-5H3,(H,28,34)(H,29,35)(H,36,37);1H. The SMILES string of the molecule is COC(=O)C(OC(C)=O)C(OC(C)=O)C(=O)Nc1c(I)c(C(=O)O)c(I)c(C(=O)NCC(COC(C)=O)OC(C)=O)c1I.Cl. The zero-order chi connectivity index (χ0) is 33.2. The molecule has 1 aromatic rings. The van der Waals surface area contributed by atoms with E-state index in [2.05, 4.69) is 15.4 Å². The normalized spacial score (nSPS) is 12.2. The second-order valence-corrected chi connectivity index (χ2v) is 11.4. The van der Waals surface area contributed by atoms with Crippen LogP contribution in [0.25, 0.3) is 0 Å². The van der Waals surface area contributed by atoms with Gasteiger partial charge in [0.2, 0.25) is 12.2 Å². The van der Waals surface area contributed by atoms with Crippen molar-refractivity contribution >= 4 is 133 Å². The van der Waals surface area contributed by atoms with E-state index in [1.165, 1.54) is 0 Å². The Labute approximate surface area is 297 Å². The average Bonchev–Trinajstić information content (AvgIpc) is 2.88. The van der Waals surface area contributed by atoms with E-state index < -0.39 is 65.9 Å². The minimum Gasteiger partial charge on any atom is -0.478 e. The molecule has 3 atom stereocenters. The van der Waals surface area contributed by atoms with Crippen molar-refractivity contribution in [2.75, 3.05) is 25.6 Å². The summed E-state index contributed by atoms with van der Waals surface area (Å²) in [6.07, 6.45) is -5.18. The number of rotatable bonds is 13. The van der Waals surface area contributed by atoms with Crippen molar-refractivity contribution in [3.63, 3.8) is 0 Å². The molecule has 0 heterocycles. The number of carboxylic acids is 1. The van der Waals surface area contributed by atoms with Crippen LogP contribution in [0.5, 0.6) is 0 Å². The van der Waals surface area contributed by atoms with Gasteiger partial charge in [-0.3, -0.25) is 28.8 Å². The lowest BCUT2D eigenvalue weighted by molar-refractivity contribution is -0.181. The smallest absolute Gasteiger partial charge is 0.351 e. The van der Waals surface area contributed by atoms with Crippen LogP contribution in [-0.2, 0) is 52.5 Å². The molecule has 20 heteroatoms. The van der Waals surface area contributed by atoms with Gasteiger partial charge in [-0.2, -0.15) is 0 Å². The van der Waals surface area contributed by atoms with Gasteiger partial charge in [0.1, 0.15) is 6.61 Å². The lowest BCUT2D eigenvalue weighted by Gasteiger charge is -2.25. The number of hydrogen-bond donors (Lipinski definition) is 3. The maximum atomic E-state index is 13.4. The lowest BCUT2D eigenvalue weighted by Crippen LogP contribution is -2.48. The molecule has 0 aliphatic carbocycles. The van der Waals surface area contributed by atoms with Crippen LogP contribution in [-0.4, -0.2) is 91.3 Å². The van der Waals surface area contributed by atoms with E-state index >= 15 is 0 Å². The first-order valence-electron chi connectivity index (χ1n) is 11.7. The van der Waals surface area contributed by atoms with Gasteiger partial charge in [-0.1, -0.05) is 0 Å². The molecular weight excluding hydrogens is 956 g/mol. The predicted molar refractivity (Wildman–Crippen MR) is 175 cm³/mol. The summed E-state index contributed by atoms with van der Waals surface area (Å²) in [5.41, 5.74) is -0.807. The number of nitrogens with one attached hydrogen (secondary N) is 2. The maximum absolute atomic E-state index is 13.4. The zero-order valence-corrected chi connectivity index (χ0v) is 30.7. The Kier molecular flexibility index (Phi) is 18.0. The van der Waals surface area contributed by atoms with Crippen LogP contribution < -0.4 is 10.6 Å². The average molecular weight is 983 g/mol. The van der Waals surface area contributed by atoms with E-state index in [0.29, 0.717) is 0 Å². The van der Waals surface area contributed by atoms with Crippen LogP contribution in [0.15, 0.2) is 0 Å². The molecule has 1 rings (SSSR count). The van der Waals surface area contributed by atoms with E-state index in [0.717, 1.165) is 34.8 Å². The van der Waals surface area contributed by atoms with Crippen molar-refractivity contribution in [2.24, 2.45) is 0 Å². The Morgan fingerprint density at radius 2 is 1.25 bits per heavy atom. The summed E-state index contributed by atoms with van der Waals surface area (Å²) < 4.78 is 24.2. The fourth-order valence-electron chi connectivity index (χ4n) is 3.19. The van der Waals surface area contributed by atoms with Gasteiger partial charge in [0.05, 0.1) is 37.6 Å². The Bertz CT molecular complexity index is 1340. The van der Waals surface area contributed by atoms with E-state index in [1.54, 1.807) is 67.8 Å². The summed E-state index contributed by atoms with van der Waals surface area (Å²) in [6, 6.07) is 0. The third-order valence-electron chi connectivity index (χ3n) is 4.85. The number of carbonyl (C=O) groups is 8. The molecule has 0 fully saturated rings. The van der Waals surface area contributed by atoms with E-state index in [4.69, 9.17) is 18.9 Å². The number of carbonyl (C=O) groups excluding carboxylic acids is 7. The van der Waals surface area contributed by atoms with Crippen LogP contribution in [0.2, 0.25) is 0 Å². The number of amides is 2. The topological polar surface area (TPSA) is 227 Å². The lowest BCUT2D eigenvalue weighted by atomic mass is 10.1. The summed E-state index contributed by atoms with van der Waals surface area (Å²) in [5.74, 6) is -8.19. The molecule has 0 spiro atoms. The number of carboxylic acid groups (broad SMARTS) is 1. The number of benzene rings is 1. The summed E-state index contributed by atoms with van der Waals surface area (Å²) in [7, 11) is 0.939. The Morgan fingerprint density at radius 3 is 1.70 bits per heavy atom. The van der Waals surface area contributed by atoms with Crippen molar-refractivity contribution < 1.29 is 67.1 Å². The van der Waals surface area contributed by atoms with Gasteiger partial charge in [-0.25, -0.2) is 9.59 Å². The second kappa shape index (κ2) is 19.1. The quantitative estimate of drug-likeness (QED) is 0.146. The van der Waals surface area contributed by atoms with Crippen molar-refractivity contribution in [3.8, 4) is 0 Å². The van der Waals surface area contributed by atoms with Crippen LogP contribution in [0.4, 0.5) is 5.69 Å². The third kappa shape index (κ3) is 12.1. The molecule has 1 aromatic carbocycles. The van der Waals surface area contributed by atoms with E-state index in [-0.39, 0.29) is 53.1 Å². The first-order valence-corrected chi connectivity index (χ1v) is 14.9. The fourth-order valence-corrected chi connectivity index (χ4v) is 7.58. The monoisotopic (exact) mass is 982 g/mol. The molecule has 44 heavy (non-hydrogen) atoms. The Hall–Kier alpha value is -2.54. The van der Waals surface area contributed by atoms with Gasteiger partial charge in [-0.15, -0.1) is 12.4 Å². The number of aromatic carboxylic acids is 1.